The van der Waals surface area contributed by atoms with Crippen LogP contribution in [0.2, 0.25) is 0 Å². The maximum absolute atomic E-state index is 12.3. The van der Waals surface area contributed by atoms with Gasteiger partial charge in [-0.3, -0.25) is 14.4 Å². The van der Waals surface area contributed by atoms with Gasteiger partial charge in [-0.05, 0) is 60.4 Å². The molecule has 0 radical (unpaired) electrons. The number of ether oxygens (including phenoxy) is 5. The largest absolute Gasteiger partial charge is 0.489 e. The molecule has 9 nitrogen and oxygen atoms in total. The average molecular weight is 578 g/mol. The molecule has 0 N–H and O–H groups in total. The van der Waals surface area contributed by atoms with Crippen LogP contribution in [0.4, 0.5) is 0 Å². The molecule has 1 saturated heterocycles. The number of aryl methyl sites for hydroxylation is 1. The lowest BCUT2D eigenvalue weighted by Crippen LogP contribution is -2.54. The minimum Gasteiger partial charge on any atom is -0.489 e. The first-order valence-electron chi connectivity index (χ1n) is 14.5. The number of esters is 3. The second kappa shape index (κ2) is 13.8. The van der Waals surface area contributed by atoms with Crippen molar-refractivity contribution in [1.29, 1.82) is 5.26 Å². The zero-order valence-electron chi connectivity index (χ0n) is 24.9. The first-order chi connectivity index (χ1) is 20.1. The second-order valence-corrected chi connectivity index (χ2v) is 11.1. The first kappa shape index (κ1) is 31.0. The van der Waals surface area contributed by atoms with Crippen molar-refractivity contribution in [3.63, 3.8) is 0 Å². The average Bonchev–Trinajstić information content (AvgIpc) is 2.92. The van der Waals surface area contributed by atoms with Crippen molar-refractivity contribution in [1.82, 2.24) is 0 Å². The Morgan fingerprint density at radius 1 is 0.952 bits per heavy atom. The molecule has 2 aromatic carbocycles. The summed E-state index contributed by atoms with van der Waals surface area (Å²) in [5, 5.41) is 10.2. The van der Waals surface area contributed by atoms with Gasteiger partial charge in [0.2, 0.25) is 0 Å². The summed E-state index contributed by atoms with van der Waals surface area (Å²) in [6.45, 7) is 7.70. The van der Waals surface area contributed by atoms with E-state index in [2.05, 4.69) is 25.1 Å². The molecule has 5 atom stereocenters. The molecule has 4 rings (SSSR count). The van der Waals surface area contributed by atoms with Crippen LogP contribution >= 0.6 is 0 Å². The Labute approximate surface area is 247 Å². The number of rotatable bonds is 10. The quantitative estimate of drug-likeness (QED) is 0.279. The molecule has 9 heteroatoms. The van der Waals surface area contributed by atoms with Crippen molar-refractivity contribution in [2.24, 2.45) is 5.92 Å². The minimum atomic E-state index is -0.990. The van der Waals surface area contributed by atoms with Crippen LogP contribution in [0.25, 0.3) is 0 Å². The maximum Gasteiger partial charge on any atom is 0.303 e. The number of nitrogens with zero attached hydrogens (tertiary/aromatic N) is 1. The third-order valence-corrected chi connectivity index (χ3v) is 7.92. The molecule has 42 heavy (non-hydrogen) atoms. The van der Waals surface area contributed by atoms with Crippen molar-refractivity contribution in [2.75, 3.05) is 6.61 Å². The fourth-order valence-corrected chi connectivity index (χ4v) is 5.42. The highest BCUT2D eigenvalue weighted by molar-refractivity contribution is 5.68. The van der Waals surface area contributed by atoms with Gasteiger partial charge in [0.15, 0.2) is 6.10 Å². The van der Waals surface area contributed by atoms with Gasteiger partial charge in [-0.2, -0.15) is 5.26 Å². The molecule has 0 spiro atoms. The van der Waals surface area contributed by atoms with Crippen molar-refractivity contribution in [2.45, 2.75) is 97.2 Å². The van der Waals surface area contributed by atoms with Crippen LogP contribution in [0.5, 0.6) is 5.75 Å². The fraction of sp³-hybridized carbons (Fsp3) is 0.515. The summed E-state index contributed by atoms with van der Waals surface area (Å²) < 4.78 is 29.5. The van der Waals surface area contributed by atoms with Crippen LogP contribution in [-0.4, -0.2) is 48.9 Å². The van der Waals surface area contributed by atoms with E-state index in [0.717, 1.165) is 36.8 Å². The van der Waals surface area contributed by atoms with Gasteiger partial charge in [0.1, 0.15) is 30.6 Å². The van der Waals surface area contributed by atoms with Crippen LogP contribution in [0.1, 0.15) is 87.8 Å². The minimum absolute atomic E-state index is 0.00566. The van der Waals surface area contributed by atoms with E-state index < -0.39 is 48.2 Å². The number of nitriles is 1. The Hall–Kier alpha value is -3.90. The summed E-state index contributed by atoms with van der Waals surface area (Å²) in [6.07, 6.45) is 0.830. The number of hydrogen-bond donors (Lipinski definition) is 0. The zero-order valence-corrected chi connectivity index (χ0v) is 24.9. The molecule has 1 saturated carbocycles. The molecular weight excluding hydrogens is 538 g/mol. The summed E-state index contributed by atoms with van der Waals surface area (Å²) in [5.41, 5.74) is 4.01. The van der Waals surface area contributed by atoms with Gasteiger partial charge in [0, 0.05) is 26.7 Å². The monoisotopic (exact) mass is 577 g/mol. The zero-order chi connectivity index (χ0) is 30.4. The highest BCUT2D eigenvalue weighted by Crippen LogP contribution is 2.42. The van der Waals surface area contributed by atoms with Crippen molar-refractivity contribution in [3.8, 4) is 11.8 Å². The SMILES string of the molecule is CCc1ccc(Cc2cc([C@@H]3O[C@H](COC(C)=O)[C@@H](C)[C@H](OC(C)=O)[C@H]3OC(C)=O)cc(OC3CCC3)c2C#N)cc1. The summed E-state index contributed by atoms with van der Waals surface area (Å²) in [7, 11) is 0. The van der Waals surface area contributed by atoms with E-state index in [-0.39, 0.29) is 12.7 Å². The van der Waals surface area contributed by atoms with Crippen molar-refractivity contribution < 1.29 is 38.1 Å². The summed E-state index contributed by atoms with van der Waals surface area (Å²) in [5.74, 6) is -1.61. The van der Waals surface area contributed by atoms with Crippen LogP contribution in [0.3, 0.4) is 0 Å². The lowest BCUT2D eigenvalue weighted by atomic mass is 9.84. The van der Waals surface area contributed by atoms with Crippen LogP contribution < -0.4 is 4.74 Å². The Kier molecular flexibility index (Phi) is 10.2. The van der Waals surface area contributed by atoms with Crippen LogP contribution in [-0.2, 0) is 46.2 Å². The van der Waals surface area contributed by atoms with Crippen molar-refractivity contribution >= 4 is 17.9 Å². The number of hydrogen-bond acceptors (Lipinski definition) is 9. The lowest BCUT2D eigenvalue weighted by molar-refractivity contribution is -0.232. The molecular formula is C33H39NO8. The highest BCUT2D eigenvalue weighted by Gasteiger charge is 2.49. The van der Waals surface area contributed by atoms with Gasteiger partial charge in [-0.25, -0.2) is 0 Å². The Morgan fingerprint density at radius 3 is 2.14 bits per heavy atom. The van der Waals surface area contributed by atoms with E-state index in [0.29, 0.717) is 23.3 Å². The van der Waals surface area contributed by atoms with Gasteiger partial charge in [0.25, 0.3) is 0 Å². The standard InChI is InChI=1S/C33H39NO8/c1-6-23-10-12-24(13-11-23)14-25-15-26(16-29(28(25)17-34)41-27-8-7-9-27)32-33(40-22(5)37)31(39-21(4)36)19(2)30(42-32)18-38-20(3)35/h10-13,15-16,19,27,30-33H,6-9,14,18H2,1-5H3/t19-,30-,31+,32+,33-/m1/s1. The molecule has 0 bridgehead atoms. The molecule has 0 aromatic heterocycles. The molecule has 0 amide bonds. The first-order valence-corrected chi connectivity index (χ1v) is 14.5. The van der Waals surface area contributed by atoms with Gasteiger partial charge < -0.3 is 23.7 Å². The van der Waals surface area contributed by atoms with Gasteiger partial charge >= 0.3 is 17.9 Å². The predicted octanol–water partition coefficient (Wildman–Crippen LogP) is 5.15. The number of carbonyl (C=O) groups excluding carboxylic acids is 3. The summed E-state index contributed by atoms with van der Waals surface area (Å²) >= 11 is 0. The Balaban J connectivity index is 1.82. The van der Waals surface area contributed by atoms with Crippen molar-refractivity contribution in [3.05, 3.63) is 64.2 Å². The van der Waals surface area contributed by atoms with Gasteiger partial charge in [-0.1, -0.05) is 44.2 Å². The lowest BCUT2D eigenvalue weighted by Gasteiger charge is -2.44. The molecule has 0 unspecified atom stereocenters. The summed E-state index contributed by atoms with van der Waals surface area (Å²) in [6, 6.07) is 14.2. The Bertz CT molecular complexity index is 1330. The van der Waals surface area contributed by atoms with E-state index in [1.807, 2.05) is 18.2 Å². The molecule has 1 heterocycles. The molecule has 1 aliphatic heterocycles. The smallest absolute Gasteiger partial charge is 0.303 e. The van der Waals surface area contributed by atoms with Gasteiger partial charge in [0.05, 0.1) is 17.8 Å². The van der Waals surface area contributed by atoms with Gasteiger partial charge in [-0.15, -0.1) is 0 Å². The number of carbonyl (C=O) groups is 3. The third-order valence-electron chi connectivity index (χ3n) is 7.92. The van der Waals surface area contributed by atoms with E-state index in [4.69, 9.17) is 23.7 Å². The second-order valence-electron chi connectivity index (χ2n) is 11.1. The van der Waals surface area contributed by atoms with E-state index in [1.165, 1.54) is 26.3 Å². The molecule has 2 aromatic rings. The van der Waals surface area contributed by atoms with Crippen LogP contribution in [0, 0.1) is 17.2 Å². The third kappa shape index (κ3) is 7.48. The van der Waals surface area contributed by atoms with E-state index >= 15 is 0 Å². The molecule has 2 aliphatic rings. The topological polar surface area (TPSA) is 121 Å². The fourth-order valence-electron chi connectivity index (χ4n) is 5.42. The predicted molar refractivity (Wildman–Crippen MR) is 153 cm³/mol. The molecule has 2 fully saturated rings. The van der Waals surface area contributed by atoms with E-state index in [9.17, 15) is 19.6 Å². The highest BCUT2D eigenvalue weighted by atomic mass is 16.6. The molecule has 224 valence electrons. The number of benzene rings is 2. The van der Waals surface area contributed by atoms with E-state index in [1.54, 1.807) is 13.0 Å². The Morgan fingerprint density at radius 2 is 1.60 bits per heavy atom. The van der Waals surface area contributed by atoms with Crippen LogP contribution in [0.15, 0.2) is 36.4 Å². The molecule has 1 aliphatic carbocycles. The normalized spacial score (nSPS) is 23.7. The maximum atomic E-state index is 12.3. The summed E-state index contributed by atoms with van der Waals surface area (Å²) in [4.78, 5) is 36.1.